The van der Waals surface area contributed by atoms with Crippen LogP contribution in [0.5, 0.6) is 0 Å². The molecule has 15 heavy (non-hydrogen) atoms. The average Bonchev–Trinajstić information content (AvgIpc) is 2.87. The van der Waals surface area contributed by atoms with Crippen LogP contribution in [-0.2, 0) is 4.79 Å². The van der Waals surface area contributed by atoms with Gasteiger partial charge in [-0.3, -0.25) is 4.79 Å². The van der Waals surface area contributed by atoms with Crippen LogP contribution >= 0.6 is 0 Å². The van der Waals surface area contributed by atoms with E-state index >= 15 is 0 Å². The van der Waals surface area contributed by atoms with Crippen molar-refractivity contribution in [3.8, 4) is 0 Å². The third-order valence-electron chi connectivity index (χ3n) is 4.45. The smallest absolute Gasteiger partial charge is 0.226 e. The molecule has 2 rings (SSSR count). The van der Waals surface area contributed by atoms with Crippen LogP contribution in [0.4, 0.5) is 0 Å². The molecule has 2 nitrogen and oxygen atoms in total. The van der Waals surface area contributed by atoms with E-state index in [0.717, 1.165) is 25.8 Å². The SMILES string of the molecule is CC(C)(C)[C@@]1(C)CCCN1C(=O)C1CC1. The summed E-state index contributed by atoms with van der Waals surface area (Å²) in [6.45, 7) is 10.0. The van der Waals surface area contributed by atoms with E-state index in [1.165, 1.54) is 6.42 Å². The van der Waals surface area contributed by atoms with E-state index in [2.05, 4.69) is 32.6 Å². The van der Waals surface area contributed by atoms with Crippen LogP contribution < -0.4 is 0 Å². The van der Waals surface area contributed by atoms with Gasteiger partial charge in [-0.25, -0.2) is 0 Å². The number of carbonyl (C=O) groups is 1. The first-order valence-corrected chi connectivity index (χ1v) is 6.18. The van der Waals surface area contributed by atoms with Crippen LogP contribution in [-0.4, -0.2) is 22.9 Å². The Morgan fingerprint density at radius 3 is 2.40 bits per heavy atom. The molecule has 1 saturated carbocycles. The third kappa shape index (κ3) is 1.68. The van der Waals surface area contributed by atoms with E-state index in [1.807, 2.05) is 0 Å². The fourth-order valence-corrected chi connectivity index (χ4v) is 2.65. The lowest BCUT2D eigenvalue weighted by Crippen LogP contribution is -2.53. The van der Waals surface area contributed by atoms with Crippen molar-refractivity contribution < 1.29 is 4.79 Å². The molecular formula is C13H23NO. The molecule has 1 atom stereocenters. The van der Waals surface area contributed by atoms with Gasteiger partial charge in [0, 0.05) is 18.0 Å². The molecule has 0 aromatic carbocycles. The van der Waals surface area contributed by atoms with Crippen molar-refractivity contribution in [2.75, 3.05) is 6.54 Å². The molecule has 0 N–H and O–H groups in total. The Balaban J connectivity index is 2.20. The number of hydrogen-bond acceptors (Lipinski definition) is 1. The molecule has 1 saturated heterocycles. The third-order valence-corrected chi connectivity index (χ3v) is 4.45. The van der Waals surface area contributed by atoms with Gasteiger partial charge in [-0.1, -0.05) is 20.8 Å². The first-order valence-electron chi connectivity index (χ1n) is 6.18. The molecule has 1 aliphatic carbocycles. The minimum absolute atomic E-state index is 0.0761. The molecule has 2 aliphatic rings. The van der Waals surface area contributed by atoms with E-state index in [4.69, 9.17) is 0 Å². The number of hydrogen-bond donors (Lipinski definition) is 0. The standard InChI is InChI=1S/C13H23NO/c1-12(2,3)13(4)8-5-9-14(13)11(15)10-6-7-10/h10H,5-9H2,1-4H3/t13-/m1/s1. The summed E-state index contributed by atoms with van der Waals surface area (Å²) < 4.78 is 0. The number of rotatable bonds is 1. The molecule has 0 radical (unpaired) electrons. The highest BCUT2D eigenvalue weighted by molar-refractivity contribution is 5.82. The van der Waals surface area contributed by atoms with Gasteiger partial charge in [-0.05, 0) is 38.0 Å². The summed E-state index contributed by atoms with van der Waals surface area (Å²) in [5, 5.41) is 0. The summed E-state index contributed by atoms with van der Waals surface area (Å²) in [6.07, 6.45) is 4.58. The zero-order valence-corrected chi connectivity index (χ0v) is 10.5. The van der Waals surface area contributed by atoms with Gasteiger partial charge in [0.25, 0.3) is 0 Å². The van der Waals surface area contributed by atoms with Gasteiger partial charge in [-0.2, -0.15) is 0 Å². The van der Waals surface area contributed by atoms with Crippen molar-refractivity contribution in [1.82, 2.24) is 4.90 Å². The Bertz CT molecular complexity index is 275. The average molecular weight is 209 g/mol. The Labute approximate surface area is 93.0 Å². The highest BCUT2D eigenvalue weighted by atomic mass is 16.2. The van der Waals surface area contributed by atoms with Gasteiger partial charge in [0.15, 0.2) is 0 Å². The summed E-state index contributed by atoms with van der Waals surface area (Å²) in [7, 11) is 0. The molecule has 0 spiro atoms. The maximum Gasteiger partial charge on any atom is 0.226 e. The van der Waals surface area contributed by atoms with E-state index in [-0.39, 0.29) is 11.0 Å². The lowest BCUT2D eigenvalue weighted by atomic mass is 9.73. The van der Waals surface area contributed by atoms with Crippen molar-refractivity contribution in [1.29, 1.82) is 0 Å². The molecular weight excluding hydrogens is 186 g/mol. The van der Waals surface area contributed by atoms with Crippen molar-refractivity contribution in [2.24, 2.45) is 11.3 Å². The largest absolute Gasteiger partial charge is 0.337 e. The summed E-state index contributed by atoms with van der Waals surface area (Å²) in [5.41, 5.74) is 0.265. The van der Waals surface area contributed by atoms with Gasteiger partial charge in [0.05, 0.1) is 0 Å². The van der Waals surface area contributed by atoms with E-state index < -0.39 is 0 Å². The van der Waals surface area contributed by atoms with E-state index in [0.29, 0.717) is 11.8 Å². The van der Waals surface area contributed by atoms with Gasteiger partial charge in [0.1, 0.15) is 0 Å². The molecule has 1 heterocycles. The molecule has 1 aliphatic heterocycles. The van der Waals surface area contributed by atoms with Crippen LogP contribution in [0.15, 0.2) is 0 Å². The maximum atomic E-state index is 12.2. The van der Waals surface area contributed by atoms with Gasteiger partial charge in [-0.15, -0.1) is 0 Å². The predicted octanol–water partition coefficient (Wildman–Crippen LogP) is 2.82. The topological polar surface area (TPSA) is 20.3 Å². The van der Waals surface area contributed by atoms with Gasteiger partial charge < -0.3 is 4.90 Å². The van der Waals surface area contributed by atoms with E-state index in [9.17, 15) is 4.79 Å². The Morgan fingerprint density at radius 2 is 1.93 bits per heavy atom. The maximum absolute atomic E-state index is 12.2. The molecule has 1 amide bonds. The van der Waals surface area contributed by atoms with E-state index in [1.54, 1.807) is 0 Å². The molecule has 2 heteroatoms. The second-order valence-electron chi connectivity index (χ2n) is 6.39. The van der Waals surface area contributed by atoms with Crippen molar-refractivity contribution in [3.05, 3.63) is 0 Å². The second-order valence-corrected chi connectivity index (χ2v) is 6.39. The Morgan fingerprint density at radius 1 is 1.33 bits per heavy atom. The lowest BCUT2D eigenvalue weighted by Gasteiger charge is -2.46. The van der Waals surface area contributed by atoms with Crippen LogP contribution in [0, 0.1) is 11.3 Å². The molecule has 0 unspecified atom stereocenters. The molecule has 86 valence electrons. The van der Waals surface area contributed by atoms with Crippen LogP contribution in [0.1, 0.15) is 53.4 Å². The fourth-order valence-electron chi connectivity index (χ4n) is 2.65. The van der Waals surface area contributed by atoms with Crippen molar-refractivity contribution >= 4 is 5.91 Å². The van der Waals surface area contributed by atoms with Crippen LogP contribution in [0.2, 0.25) is 0 Å². The monoisotopic (exact) mass is 209 g/mol. The minimum Gasteiger partial charge on any atom is -0.337 e. The summed E-state index contributed by atoms with van der Waals surface area (Å²) >= 11 is 0. The molecule has 0 aromatic rings. The molecule has 2 fully saturated rings. The number of likely N-dealkylation sites (tertiary alicyclic amines) is 1. The minimum atomic E-state index is 0.0761. The van der Waals surface area contributed by atoms with Gasteiger partial charge in [0.2, 0.25) is 5.91 Å². The first kappa shape index (κ1) is 11.0. The first-order chi connectivity index (χ1) is 6.86. The molecule has 0 bridgehead atoms. The molecule has 0 aromatic heterocycles. The highest BCUT2D eigenvalue weighted by Crippen LogP contribution is 2.45. The summed E-state index contributed by atoms with van der Waals surface area (Å²) in [5.74, 6) is 0.787. The normalized spacial score (nSPS) is 32.1. The zero-order valence-electron chi connectivity index (χ0n) is 10.5. The van der Waals surface area contributed by atoms with Gasteiger partial charge >= 0.3 is 0 Å². The second kappa shape index (κ2) is 3.23. The highest BCUT2D eigenvalue weighted by Gasteiger charge is 2.50. The predicted molar refractivity (Wildman–Crippen MR) is 61.5 cm³/mol. The van der Waals surface area contributed by atoms with Crippen LogP contribution in [0.25, 0.3) is 0 Å². The Kier molecular flexibility index (Phi) is 2.36. The number of nitrogens with zero attached hydrogens (tertiary/aromatic N) is 1. The number of carbonyl (C=O) groups excluding carboxylic acids is 1. The lowest BCUT2D eigenvalue weighted by molar-refractivity contribution is -0.140. The zero-order chi connectivity index (χ0) is 11.3. The number of amides is 1. The summed E-state index contributed by atoms with van der Waals surface area (Å²) in [6, 6.07) is 0. The fraction of sp³-hybridized carbons (Fsp3) is 0.923. The quantitative estimate of drug-likeness (QED) is 0.650. The van der Waals surface area contributed by atoms with Crippen molar-refractivity contribution in [3.63, 3.8) is 0 Å². The van der Waals surface area contributed by atoms with Crippen molar-refractivity contribution in [2.45, 2.75) is 58.9 Å². The summed E-state index contributed by atoms with van der Waals surface area (Å²) in [4.78, 5) is 14.4. The van der Waals surface area contributed by atoms with Crippen LogP contribution in [0.3, 0.4) is 0 Å². The Hall–Kier alpha value is -0.530.